The van der Waals surface area contributed by atoms with Crippen molar-refractivity contribution in [1.29, 1.82) is 0 Å². The summed E-state index contributed by atoms with van der Waals surface area (Å²) in [6, 6.07) is 0.579. The van der Waals surface area contributed by atoms with Gasteiger partial charge in [-0.05, 0) is 18.9 Å². The lowest BCUT2D eigenvalue weighted by molar-refractivity contribution is -0.138. The molecule has 2 saturated heterocycles. The molecule has 0 spiro atoms. The van der Waals surface area contributed by atoms with Gasteiger partial charge in [0.2, 0.25) is 15.9 Å². The van der Waals surface area contributed by atoms with Crippen molar-refractivity contribution in [2.24, 2.45) is 7.05 Å². The van der Waals surface area contributed by atoms with Crippen molar-refractivity contribution in [2.45, 2.75) is 23.8 Å². The van der Waals surface area contributed by atoms with Crippen molar-refractivity contribution in [3.05, 3.63) is 18.0 Å². The quantitative estimate of drug-likeness (QED) is 0.667. The fourth-order valence-electron chi connectivity index (χ4n) is 3.39. The number of amides is 1. The Bertz CT molecular complexity index is 797. The van der Waals surface area contributed by atoms with Gasteiger partial charge in [0.1, 0.15) is 16.6 Å². The highest BCUT2D eigenvalue weighted by Crippen LogP contribution is 2.28. The van der Waals surface area contributed by atoms with E-state index in [2.05, 4.69) is 4.74 Å². The number of nitrogens with zero attached hydrogens (tertiary/aromatic N) is 3. The summed E-state index contributed by atoms with van der Waals surface area (Å²) < 4.78 is 38.7. The van der Waals surface area contributed by atoms with Crippen molar-refractivity contribution in [1.82, 2.24) is 13.8 Å². The number of hydrogen-bond donors (Lipinski definition) is 0. The number of carbonyl (C=O) groups excluding carboxylic acids is 2. The highest BCUT2D eigenvalue weighted by molar-refractivity contribution is 7.89. The Morgan fingerprint density at radius 3 is 2.58 bits per heavy atom. The third-order valence-corrected chi connectivity index (χ3v) is 6.67. The molecular weight excluding hydrogens is 362 g/mol. The number of aromatic nitrogens is 1. The predicted molar refractivity (Wildman–Crippen MR) is 91.1 cm³/mol. The molecule has 9 nitrogen and oxygen atoms in total. The molecule has 1 amide bonds. The molecule has 3 rings (SSSR count). The van der Waals surface area contributed by atoms with Crippen molar-refractivity contribution < 1.29 is 27.5 Å². The van der Waals surface area contributed by atoms with Gasteiger partial charge in [0, 0.05) is 32.9 Å². The minimum absolute atomic E-state index is 0.0120. The Hall–Kier alpha value is -1.91. The van der Waals surface area contributed by atoms with Crippen molar-refractivity contribution >= 4 is 21.9 Å². The number of rotatable bonds is 4. The van der Waals surface area contributed by atoms with Gasteiger partial charge in [0.25, 0.3) is 0 Å². The lowest BCUT2D eigenvalue weighted by Gasteiger charge is -2.32. The summed E-state index contributed by atoms with van der Waals surface area (Å²) in [5.74, 6) is -0.796. The molecule has 0 aliphatic carbocycles. The van der Waals surface area contributed by atoms with E-state index in [4.69, 9.17) is 4.74 Å². The maximum absolute atomic E-state index is 13.1. The number of methoxy groups -OCH3 is 1. The Labute approximate surface area is 152 Å². The molecule has 144 valence electrons. The molecule has 10 heteroatoms. The van der Waals surface area contributed by atoms with Crippen molar-refractivity contribution in [3.63, 3.8) is 0 Å². The van der Waals surface area contributed by atoms with E-state index in [-0.39, 0.29) is 23.0 Å². The largest absolute Gasteiger partial charge is 0.464 e. The van der Waals surface area contributed by atoms with E-state index in [9.17, 15) is 18.0 Å². The van der Waals surface area contributed by atoms with Crippen LogP contribution in [-0.4, -0.2) is 80.1 Å². The lowest BCUT2D eigenvalue weighted by atomic mass is 10.2. The number of aryl methyl sites for hydroxylation is 1. The second kappa shape index (κ2) is 7.37. The van der Waals surface area contributed by atoms with Crippen LogP contribution in [0.1, 0.15) is 23.3 Å². The zero-order chi connectivity index (χ0) is 18.9. The minimum atomic E-state index is -3.89. The van der Waals surface area contributed by atoms with Crippen LogP contribution in [0.5, 0.6) is 0 Å². The van der Waals surface area contributed by atoms with E-state index in [1.807, 2.05) is 0 Å². The molecule has 1 aromatic heterocycles. The average Bonchev–Trinajstić information content (AvgIpc) is 3.28. The van der Waals surface area contributed by atoms with Crippen LogP contribution in [-0.2, 0) is 31.3 Å². The summed E-state index contributed by atoms with van der Waals surface area (Å²) in [6.07, 6.45) is 2.49. The highest BCUT2D eigenvalue weighted by atomic mass is 32.2. The van der Waals surface area contributed by atoms with Crippen molar-refractivity contribution in [2.75, 3.05) is 40.0 Å². The molecule has 0 N–H and O–H groups in total. The van der Waals surface area contributed by atoms with E-state index in [0.717, 1.165) is 0 Å². The van der Waals surface area contributed by atoms with Gasteiger partial charge in [-0.2, -0.15) is 4.31 Å². The monoisotopic (exact) mass is 385 g/mol. The summed E-state index contributed by atoms with van der Waals surface area (Å²) in [5, 5.41) is 0. The molecule has 1 atom stereocenters. The summed E-state index contributed by atoms with van der Waals surface area (Å²) >= 11 is 0. The Morgan fingerprint density at radius 1 is 1.23 bits per heavy atom. The number of carbonyl (C=O) groups is 2. The number of hydrogen-bond acceptors (Lipinski definition) is 6. The second-order valence-electron chi connectivity index (χ2n) is 6.37. The van der Waals surface area contributed by atoms with Gasteiger partial charge < -0.3 is 18.9 Å². The van der Waals surface area contributed by atoms with Crippen LogP contribution in [0.15, 0.2) is 17.2 Å². The lowest BCUT2D eigenvalue weighted by Crippen LogP contribution is -2.50. The molecule has 3 heterocycles. The summed E-state index contributed by atoms with van der Waals surface area (Å²) in [6.45, 7) is 2.16. The third-order valence-electron chi connectivity index (χ3n) is 4.79. The first kappa shape index (κ1) is 18.9. The van der Waals surface area contributed by atoms with Crippen molar-refractivity contribution in [3.8, 4) is 0 Å². The summed E-state index contributed by atoms with van der Waals surface area (Å²) in [7, 11) is -1.08. The van der Waals surface area contributed by atoms with Crippen LogP contribution in [0.3, 0.4) is 0 Å². The normalized spacial score (nSPS) is 21.8. The average molecular weight is 385 g/mol. The van der Waals surface area contributed by atoms with Gasteiger partial charge in [-0.25, -0.2) is 13.2 Å². The van der Waals surface area contributed by atoms with E-state index in [1.54, 1.807) is 11.9 Å². The molecule has 0 saturated carbocycles. The van der Waals surface area contributed by atoms with Gasteiger partial charge >= 0.3 is 5.97 Å². The fourth-order valence-corrected chi connectivity index (χ4v) is 5.11. The highest BCUT2D eigenvalue weighted by Gasteiger charge is 2.42. The first-order valence-electron chi connectivity index (χ1n) is 8.49. The summed E-state index contributed by atoms with van der Waals surface area (Å²) in [5.41, 5.74) is 0.140. The molecule has 26 heavy (non-hydrogen) atoms. The Kier molecular flexibility index (Phi) is 5.35. The number of sulfonamides is 1. The number of esters is 1. The van der Waals surface area contributed by atoms with Crippen LogP contribution in [0, 0.1) is 0 Å². The molecule has 0 bridgehead atoms. The number of ether oxygens (including phenoxy) is 2. The van der Waals surface area contributed by atoms with Crippen LogP contribution in [0.2, 0.25) is 0 Å². The van der Waals surface area contributed by atoms with Gasteiger partial charge in [-0.15, -0.1) is 0 Å². The SMILES string of the molecule is COC(=O)c1cc(S(=O)(=O)N2CCCC2C(=O)N2CCOCC2)cn1C. The van der Waals surface area contributed by atoms with Crippen LogP contribution in [0.25, 0.3) is 0 Å². The molecular formula is C16H23N3O6S. The minimum Gasteiger partial charge on any atom is -0.464 e. The third kappa shape index (κ3) is 3.36. The summed E-state index contributed by atoms with van der Waals surface area (Å²) in [4.78, 5) is 26.2. The molecule has 1 unspecified atom stereocenters. The Morgan fingerprint density at radius 2 is 1.92 bits per heavy atom. The topological polar surface area (TPSA) is 98.2 Å². The van der Waals surface area contributed by atoms with E-state index >= 15 is 0 Å². The molecule has 0 radical (unpaired) electrons. The molecule has 2 aliphatic heterocycles. The number of morpholine rings is 1. The maximum atomic E-state index is 13.1. The van der Waals surface area contributed by atoms with Crippen LogP contribution >= 0.6 is 0 Å². The van der Waals surface area contributed by atoms with Crippen LogP contribution < -0.4 is 0 Å². The van der Waals surface area contributed by atoms with Gasteiger partial charge in [0.05, 0.1) is 20.3 Å². The Balaban J connectivity index is 1.86. The fraction of sp³-hybridized carbons (Fsp3) is 0.625. The zero-order valence-corrected chi connectivity index (χ0v) is 15.7. The standard InChI is InChI=1S/C16H23N3O6S/c1-17-11-12(10-14(17)16(21)24-2)26(22,23)19-5-3-4-13(19)15(20)18-6-8-25-9-7-18/h10-11,13H,3-9H2,1-2H3. The zero-order valence-electron chi connectivity index (χ0n) is 14.9. The molecule has 1 aromatic rings. The first-order valence-corrected chi connectivity index (χ1v) is 9.93. The smallest absolute Gasteiger partial charge is 0.354 e. The molecule has 0 aromatic carbocycles. The first-order chi connectivity index (χ1) is 12.4. The van der Waals surface area contributed by atoms with Crippen LogP contribution in [0.4, 0.5) is 0 Å². The second-order valence-corrected chi connectivity index (χ2v) is 8.27. The van der Waals surface area contributed by atoms with Gasteiger partial charge in [-0.3, -0.25) is 4.79 Å². The predicted octanol–water partition coefficient (Wildman–Crippen LogP) is -0.176. The van der Waals surface area contributed by atoms with E-state index < -0.39 is 22.0 Å². The molecule has 2 aliphatic rings. The van der Waals surface area contributed by atoms with Gasteiger partial charge in [-0.1, -0.05) is 0 Å². The maximum Gasteiger partial charge on any atom is 0.354 e. The van der Waals surface area contributed by atoms with Gasteiger partial charge in [0.15, 0.2) is 0 Å². The van der Waals surface area contributed by atoms with E-state index in [0.29, 0.717) is 39.1 Å². The molecule has 2 fully saturated rings. The van der Waals surface area contributed by atoms with E-state index in [1.165, 1.54) is 28.2 Å².